The van der Waals surface area contributed by atoms with Gasteiger partial charge in [0.15, 0.2) is 0 Å². The summed E-state index contributed by atoms with van der Waals surface area (Å²) in [5, 5.41) is 2.79. The van der Waals surface area contributed by atoms with Crippen LogP contribution in [0.4, 0.5) is 5.69 Å². The number of nitrogens with zero attached hydrogens (tertiary/aromatic N) is 1. The molecule has 0 radical (unpaired) electrons. The number of nitrogens with one attached hydrogen (secondary N) is 1. The average molecular weight is 360 g/mol. The van der Waals surface area contributed by atoms with Gasteiger partial charge < -0.3 is 5.32 Å². The van der Waals surface area contributed by atoms with Gasteiger partial charge in [-0.05, 0) is 37.1 Å². The van der Waals surface area contributed by atoms with E-state index in [9.17, 15) is 13.2 Å². The Bertz CT molecular complexity index is 830. The first kappa shape index (κ1) is 19.1. The van der Waals surface area contributed by atoms with Crippen LogP contribution in [-0.2, 0) is 21.4 Å². The third kappa shape index (κ3) is 5.99. The van der Waals surface area contributed by atoms with E-state index in [4.69, 9.17) is 0 Å². The summed E-state index contributed by atoms with van der Waals surface area (Å²) < 4.78 is 25.4. The summed E-state index contributed by atoms with van der Waals surface area (Å²) in [4.78, 5) is 12.1. The van der Waals surface area contributed by atoms with Crippen LogP contribution in [0.25, 0.3) is 0 Å². The minimum Gasteiger partial charge on any atom is -0.326 e. The molecule has 1 N–H and O–H groups in total. The molecule has 134 valence electrons. The van der Waals surface area contributed by atoms with Gasteiger partial charge in [0.25, 0.3) is 0 Å². The van der Waals surface area contributed by atoms with Crippen LogP contribution in [0, 0.1) is 13.8 Å². The Labute approximate surface area is 149 Å². The molecular formula is C19H24N2O3S. The molecule has 0 aliphatic heterocycles. The van der Waals surface area contributed by atoms with Crippen molar-refractivity contribution in [3.8, 4) is 0 Å². The molecule has 0 unspecified atom stereocenters. The number of carbonyl (C=O) groups excluding carboxylic acids is 1. The van der Waals surface area contributed by atoms with E-state index in [-0.39, 0.29) is 25.4 Å². The fourth-order valence-corrected chi connectivity index (χ4v) is 3.22. The van der Waals surface area contributed by atoms with Crippen molar-refractivity contribution in [1.29, 1.82) is 0 Å². The van der Waals surface area contributed by atoms with Crippen LogP contribution in [0.3, 0.4) is 0 Å². The Hall–Kier alpha value is -2.18. The van der Waals surface area contributed by atoms with Crippen LogP contribution in [0.1, 0.15) is 23.1 Å². The minimum absolute atomic E-state index is 0.104. The Morgan fingerprint density at radius 1 is 1.04 bits per heavy atom. The fourth-order valence-electron chi connectivity index (χ4n) is 2.43. The van der Waals surface area contributed by atoms with Crippen LogP contribution in [-0.4, -0.2) is 31.4 Å². The van der Waals surface area contributed by atoms with Gasteiger partial charge >= 0.3 is 0 Å². The topological polar surface area (TPSA) is 66.5 Å². The predicted octanol–water partition coefficient (Wildman–Crippen LogP) is 3.09. The summed E-state index contributed by atoms with van der Waals surface area (Å²) in [6, 6.07) is 15.1. The van der Waals surface area contributed by atoms with Gasteiger partial charge in [0.2, 0.25) is 15.9 Å². The smallest absolute Gasteiger partial charge is 0.225 e. The van der Waals surface area contributed by atoms with Gasteiger partial charge in [-0.25, -0.2) is 8.42 Å². The van der Waals surface area contributed by atoms with E-state index in [1.54, 1.807) is 0 Å². The molecular weight excluding hydrogens is 336 g/mol. The summed E-state index contributed by atoms with van der Waals surface area (Å²) in [5.41, 5.74) is 3.78. The molecule has 5 nitrogen and oxygen atoms in total. The summed E-state index contributed by atoms with van der Waals surface area (Å²) >= 11 is 0. The second kappa shape index (κ2) is 8.27. The molecule has 6 heteroatoms. The lowest BCUT2D eigenvalue weighted by atomic mass is 10.1. The Kier molecular flexibility index (Phi) is 6.33. The first-order chi connectivity index (χ1) is 11.8. The Balaban J connectivity index is 1.99. The average Bonchev–Trinajstić information content (AvgIpc) is 2.54. The molecule has 0 bridgehead atoms. The molecule has 0 aliphatic carbocycles. The molecule has 1 amide bonds. The fraction of sp³-hybridized carbons (Fsp3) is 0.316. The molecule has 0 saturated carbocycles. The zero-order chi connectivity index (χ0) is 18.4. The second-order valence-electron chi connectivity index (χ2n) is 6.19. The third-order valence-electron chi connectivity index (χ3n) is 4.00. The second-order valence-corrected chi connectivity index (χ2v) is 8.17. The van der Waals surface area contributed by atoms with E-state index in [2.05, 4.69) is 5.32 Å². The maximum Gasteiger partial charge on any atom is 0.225 e. The van der Waals surface area contributed by atoms with Crippen LogP contribution < -0.4 is 5.32 Å². The number of anilines is 1. The lowest BCUT2D eigenvalue weighted by molar-refractivity contribution is -0.116. The van der Waals surface area contributed by atoms with E-state index in [1.165, 1.54) is 10.6 Å². The number of hydrogen-bond donors (Lipinski definition) is 1. The highest BCUT2D eigenvalue weighted by Crippen LogP contribution is 2.14. The van der Waals surface area contributed by atoms with Crippen LogP contribution in [0.2, 0.25) is 0 Å². The van der Waals surface area contributed by atoms with E-state index >= 15 is 0 Å². The molecule has 0 saturated heterocycles. The molecule has 0 heterocycles. The Morgan fingerprint density at radius 2 is 1.68 bits per heavy atom. The normalized spacial score (nSPS) is 11.5. The highest BCUT2D eigenvalue weighted by molar-refractivity contribution is 7.88. The summed E-state index contributed by atoms with van der Waals surface area (Å²) in [7, 11) is -3.40. The van der Waals surface area contributed by atoms with Gasteiger partial charge in [-0.15, -0.1) is 0 Å². The van der Waals surface area contributed by atoms with E-state index < -0.39 is 10.0 Å². The van der Waals surface area contributed by atoms with Crippen molar-refractivity contribution in [2.75, 3.05) is 18.1 Å². The maximum absolute atomic E-state index is 12.1. The van der Waals surface area contributed by atoms with Crippen LogP contribution in [0.5, 0.6) is 0 Å². The molecule has 25 heavy (non-hydrogen) atoms. The molecule has 0 aromatic heterocycles. The minimum atomic E-state index is -3.40. The Morgan fingerprint density at radius 3 is 2.28 bits per heavy atom. The quantitative estimate of drug-likeness (QED) is 0.825. The molecule has 2 aromatic rings. The van der Waals surface area contributed by atoms with Gasteiger partial charge in [-0.2, -0.15) is 4.31 Å². The van der Waals surface area contributed by atoms with E-state index in [0.29, 0.717) is 5.69 Å². The van der Waals surface area contributed by atoms with Crippen molar-refractivity contribution < 1.29 is 13.2 Å². The van der Waals surface area contributed by atoms with Crippen molar-refractivity contribution in [2.24, 2.45) is 0 Å². The molecule has 2 aromatic carbocycles. The van der Waals surface area contributed by atoms with Crippen molar-refractivity contribution in [3.63, 3.8) is 0 Å². The van der Waals surface area contributed by atoms with Crippen molar-refractivity contribution >= 4 is 21.6 Å². The van der Waals surface area contributed by atoms with Gasteiger partial charge in [0.05, 0.1) is 6.26 Å². The highest BCUT2D eigenvalue weighted by atomic mass is 32.2. The largest absolute Gasteiger partial charge is 0.326 e. The first-order valence-corrected chi connectivity index (χ1v) is 9.96. The first-order valence-electron chi connectivity index (χ1n) is 8.12. The van der Waals surface area contributed by atoms with Crippen LogP contribution >= 0.6 is 0 Å². The standard InChI is InChI=1S/C19H24N2O3S/c1-15-8-10-18(11-9-15)20-19(22)12-13-21(25(3,23)24)14-17-7-5-4-6-16(17)2/h4-11H,12-14H2,1-3H3,(H,20,22). The molecule has 0 fully saturated rings. The van der Waals surface area contributed by atoms with Gasteiger partial charge in [0, 0.05) is 25.2 Å². The number of aryl methyl sites for hydroxylation is 2. The molecule has 0 aliphatic rings. The van der Waals surface area contributed by atoms with Gasteiger partial charge in [0.1, 0.15) is 0 Å². The van der Waals surface area contributed by atoms with E-state index in [0.717, 1.165) is 16.7 Å². The number of hydrogen-bond acceptors (Lipinski definition) is 3. The number of amides is 1. The number of rotatable bonds is 7. The zero-order valence-electron chi connectivity index (χ0n) is 14.8. The van der Waals surface area contributed by atoms with Crippen molar-refractivity contribution in [2.45, 2.75) is 26.8 Å². The van der Waals surface area contributed by atoms with Gasteiger partial charge in [-0.1, -0.05) is 42.0 Å². The molecule has 0 spiro atoms. The van der Waals surface area contributed by atoms with Crippen molar-refractivity contribution in [3.05, 3.63) is 65.2 Å². The van der Waals surface area contributed by atoms with Crippen LogP contribution in [0.15, 0.2) is 48.5 Å². The molecule has 2 rings (SSSR count). The van der Waals surface area contributed by atoms with E-state index in [1.807, 2.05) is 62.4 Å². The predicted molar refractivity (Wildman–Crippen MR) is 101 cm³/mol. The lowest BCUT2D eigenvalue weighted by Crippen LogP contribution is -2.32. The highest BCUT2D eigenvalue weighted by Gasteiger charge is 2.19. The summed E-state index contributed by atoms with van der Waals surface area (Å²) in [5.74, 6) is -0.206. The summed E-state index contributed by atoms with van der Waals surface area (Å²) in [6.07, 6.45) is 1.27. The monoisotopic (exact) mass is 360 g/mol. The number of carbonyl (C=O) groups is 1. The van der Waals surface area contributed by atoms with Crippen molar-refractivity contribution in [1.82, 2.24) is 4.31 Å². The lowest BCUT2D eigenvalue weighted by Gasteiger charge is -2.20. The number of benzene rings is 2. The molecule has 0 atom stereocenters. The van der Waals surface area contributed by atoms with Gasteiger partial charge in [-0.3, -0.25) is 4.79 Å². The third-order valence-corrected chi connectivity index (χ3v) is 5.25. The number of sulfonamides is 1. The zero-order valence-corrected chi connectivity index (χ0v) is 15.6. The SMILES string of the molecule is Cc1ccc(NC(=O)CCN(Cc2ccccc2C)S(C)(=O)=O)cc1. The maximum atomic E-state index is 12.1. The summed E-state index contributed by atoms with van der Waals surface area (Å²) in [6.45, 7) is 4.33.